The summed E-state index contributed by atoms with van der Waals surface area (Å²) in [5.74, 6) is -1.70. The van der Waals surface area contributed by atoms with Gasteiger partial charge in [0.1, 0.15) is 0 Å². The number of ether oxygens (including phenoxy) is 1. The van der Waals surface area contributed by atoms with Gasteiger partial charge in [-0.3, -0.25) is 4.79 Å². The van der Waals surface area contributed by atoms with E-state index < -0.39 is 29.7 Å². The Hall–Kier alpha value is -3.34. The maximum absolute atomic E-state index is 12.7. The quantitative estimate of drug-likeness (QED) is 0.840. The van der Waals surface area contributed by atoms with Gasteiger partial charge in [0.25, 0.3) is 5.91 Å². The number of hydrogen-bond donors (Lipinski definition) is 1. The predicted octanol–water partition coefficient (Wildman–Crippen LogP) is 3.76. The van der Waals surface area contributed by atoms with Crippen LogP contribution in [-0.2, 0) is 15.7 Å². The van der Waals surface area contributed by atoms with Gasteiger partial charge in [-0.15, -0.1) is 0 Å². The van der Waals surface area contributed by atoms with Crippen molar-refractivity contribution in [1.82, 2.24) is 0 Å². The number of carbonyl (C=O) groups is 2. The third-order valence-corrected chi connectivity index (χ3v) is 3.36. The van der Waals surface area contributed by atoms with Crippen LogP contribution in [0.4, 0.5) is 18.9 Å². The normalized spacial score (nSPS) is 12.0. The van der Waals surface area contributed by atoms with Gasteiger partial charge in [0.15, 0.2) is 6.10 Å². The molecule has 1 atom stereocenters. The Labute approximate surface area is 147 Å². The van der Waals surface area contributed by atoms with Crippen molar-refractivity contribution < 1.29 is 27.5 Å². The fourth-order valence-corrected chi connectivity index (χ4v) is 1.98. The molecular weight excluding hydrogens is 349 g/mol. The van der Waals surface area contributed by atoms with Gasteiger partial charge in [0, 0.05) is 5.69 Å². The third-order valence-electron chi connectivity index (χ3n) is 3.36. The van der Waals surface area contributed by atoms with Crippen LogP contribution in [0.2, 0.25) is 0 Å². The van der Waals surface area contributed by atoms with E-state index in [9.17, 15) is 22.8 Å². The highest BCUT2D eigenvalue weighted by atomic mass is 19.4. The number of nitriles is 1. The van der Waals surface area contributed by atoms with Gasteiger partial charge in [-0.05, 0) is 49.4 Å². The van der Waals surface area contributed by atoms with Crippen LogP contribution in [0.15, 0.2) is 48.5 Å². The first-order chi connectivity index (χ1) is 12.2. The molecule has 0 aliphatic rings. The molecule has 134 valence electrons. The van der Waals surface area contributed by atoms with Crippen LogP contribution >= 0.6 is 0 Å². The molecule has 0 aliphatic carbocycles. The number of nitrogens with one attached hydrogen (secondary N) is 1. The van der Waals surface area contributed by atoms with E-state index in [0.29, 0.717) is 17.3 Å². The van der Waals surface area contributed by atoms with E-state index in [1.54, 1.807) is 0 Å². The maximum Gasteiger partial charge on any atom is 0.416 e. The first-order valence-corrected chi connectivity index (χ1v) is 7.40. The lowest BCUT2D eigenvalue weighted by molar-refractivity contribution is -0.137. The summed E-state index contributed by atoms with van der Waals surface area (Å²) in [6.45, 7) is 1.30. The smallest absolute Gasteiger partial charge is 0.416 e. The van der Waals surface area contributed by atoms with Crippen LogP contribution in [0.25, 0.3) is 0 Å². The molecule has 0 spiro atoms. The van der Waals surface area contributed by atoms with Crippen LogP contribution in [0, 0.1) is 11.3 Å². The van der Waals surface area contributed by atoms with Gasteiger partial charge in [-0.1, -0.05) is 6.07 Å². The summed E-state index contributed by atoms with van der Waals surface area (Å²) < 4.78 is 43.0. The largest absolute Gasteiger partial charge is 0.449 e. The molecule has 0 saturated heterocycles. The SMILES string of the molecule is C[C@H](OC(=O)c1cccc(C(F)(F)F)c1)C(=O)Nc1ccc(C#N)cc1. The zero-order chi connectivity index (χ0) is 19.3. The Morgan fingerprint density at radius 1 is 1.15 bits per heavy atom. The highest BCUT2D eigenvalue weighted by molar-refractivity contribution is 5.97. The molecule has 26 heavy (non-hydrogen) atoms. The van der Waals surface area contributed by atoms with E-state index in [1.165, 1.54) is 37.3 Å². The summed E-state index contributed by atoms with van der Waals surface area (Å²) in [7, 11) is 0. The first kappa shape index (κ1) is 19.0. The second-order valence-corrected chi connectivity index (χ2v) is 5.30. The first-order valence-electron chi connectivity index (χ1n) is 7.40. The van der Waals surface area contributed by atoms with Gasteiger partial charge < -0.3 is 10.1 Å². The highest BCUT2D eigenvalue weighted by Gasteiger charge is 2.31. The molecule has 0 aromatic heterocycles. The van der Waals surface area contributed by atoms with Crippen molar-refractivity contribution >= 4 is 17.6 Å². The van der Waals surface area contributed by atoms with Crippen LogP contribution in [0.5, 0.6) is 0 Å². The minimum Gasteiger partial charge on any atom is -0.449 e. The van der Waals surface area contributed by atoms with Crippen molar-refractivity contribution in [2.45, 2.75) is 19.2 Å². The molecule has 0 fully saturated rings. The molecule has 1 amide bonds. The average Bonchev–Trinajstić information content (AvgIpc) is 2.61. The molecule has 2 aromatic carbocycles. The van der Waals surface area contributed by atoms with Crippen LogP contribution in [0.1, 0.15) is 28.4 Å². The number of carbonyl (C=O) groups excluding carboxylic acids is 2. The number of esters is 1. The second kappa shape index (κ2) is 7.70. The molecule has 0 aliphatic heterocycles. The second-order valence-electron chi connectivity index (χ2n) is 5.30. The Bertz CT molecular complexity index is 855. The Morgan fingerprint density at radius 2 is 1.81 bits per heavy atom. The van der Waals surface area contributed by atoms with Gasteiger partial charge in [0.2, 0.25) is 0 Å². The summed E-state index contributed by atoms with van der Waals surface area (Å²) in [6, 6.07) is 11.7. The molecule has 0 unspecified atom stereocenters. The monoisotopic (exact) mass is 362 g/mol. The van der Waals surface area contributed by atoms with Crippen molar-refractivity contribution in [3.05, 3.63) is 65.2 Å². The molecule has 5 nitrogen and oxygen atoms in total. The number of alkyl halides is 3. The summed E-state index contributed by atoms with van der Waals surface area (Å²) in [4.78, 5) is 24.0. The standard InChI is InChI=1S/C18H13F3N2O3/c1-11(16(24)23-15-7-5-12(10-22)6-8-15)26-17(25)13-3-2-4-14(9-13)18(19,20)21/h2-9,11H,1H3,(H,23,24)/t11-/m0/s1. The fraction of sp³-hybridized carbons (Fsp3) is 0.167. The van der Waals surface area contributed by atoms with E-state index in [1.807, 2.05) is 6.07 Å². The van der Waals surface area contributed by atoms with E-state index in [0.717, 1.165) is 12.1 Å². The molecule has 0 heterocycles. The zero-order valence-corrected chi connectivity index (χ0v) is 13.5. The van der Waals surface area contributed by atoms with Gasteiger partial charge in [0.05, 0.1) is 22.8 Å². The maximum atomic E-state index is 12.7. The van der Waals surface area contributed by atoms with E-state index >= 15 is 0 Å². The minimum atomic E-state index is -4.59. The molecular formula is C18H13F3N2O3. The van der Waals surface area contributed by atoms with E-state index in [2.05, 4.69) is 5.32 Å². The lowest BCUT2D eigenvalue weighted by Gasteiger charge is -2.14. The molecule has 0 saturated carbocycles. The van der Waals surface area contributed by atoms with Crippen molar-refractivity contribution in [3.63, 3.8) is 0 Å². The highest BCUT2D eigenvalue weighted by Crippen LogP contribution is 2.29. The molecule has 0 bridgehead atoms. The summed E-state index contributed by atoms with van der Waals surface area (Å²) in [5, 5.41) is 11.2. The summed E-state index contributed by atoms with van der Waals surface area (Å²) >= 11 is 0. The Kier molecular flexibility index (Phi) is 5.62. The number of hydrogen-bond acceptors (Lipinski definition) is 4. The van der Waals surface area contributed by atoms with Crippen LogP contribution < -0.4 is 5.32 Å². The molecule has 2 aromatic rings. The number of rotatable bonds is 4. The minimum absolute atomic E-state index is 0.308. The van der Waals surface area contributed by atoms with Crippen LogP contribution in [0.3, 0.4) is 0 Å². The summed E-state index contributed by atoms with van der Waals surface area (Å²) in [6.07, 6.45) is -5.82. The summed E-state index contributed by atoms with van der Waals surface area (Å²) in [5.41, 5.74) is -0.498. The number of halogens is 3. The lowest BCUT2D eigenvalue weighted by atomic mass is 10.1. The topological polar surface area (TPSA) is 79.2 Å². The Morgan fingerprint density at radius 3 is 2.38 bits per heavy atom. The van der Waals surface area contributed by atoms with E-state index in [-0.39, 0.29) is 5.56 Å². The van der Waals surface area contributed by atoms with E-state index in [4.69, 9.17) is 10.00 Å². The average molecular weight is 362 g/mol. The zero-order valence-electron chi connectivity index (χ0n) is 13.5. The third kappa shape index (κ3) is 4.83. The van der Waals surface area contributed by atoms with Gasteiger partial charge >= 0.3 is 12.1 Å². The van der Waals surface area contributed by atoms with Crippen LogP contribution in [-0.4, -0.2) is 18.0 Å². The van der Waals surface area contributed by atoms with Gasteiger partial charge in [-0.2, -0.15) is 18.4 Å². The predicted molar refractivity (Wildman–Crippen MR) is 86.1 cm³/mol. The lowest BCUT2D eigenvalue weighted by Crippen LogP contribution is -2.30. The number of nitrogens with zero attached hydrogens (tertiary/aromatic N) is 1. The fourth-order valence-electron chi connectivity index (χ4n) is 1.98. The number of amides is 1. The van der Waals surface area contributed by atoms with Crippen molar-refractivity contribution in [2.75, 3.05) is 5.32 Å². The molecule has 0 radical (unpaired) electrons. The molecule has 1 N–H and O–H groups in total. The van der Waals surface area contributed by atoms with Crippen molar-refractivity contribution in [3.8, 4) is 6.07 Å². The van der Waals surface area contributed by atoms with Gasteiger partial charge in [-0.25, -0.2) is 4.79 Å². The number of anilines is 1. The van der Waals surface area contributed by atoms with Crippen molar-refractivity contribution in [1.29, 1.82) is 5.26 Å². The van der Waals surface area contributed by atoms with Crippen molar-refractivity contribution in [2.24, 2.45) is 0 Å². The molecule has 2 rings (SSSR count). The Balaban J connectivity index is 2.02. The molecule has 8 heteroatoms. The number of benzene rings is 2.